The Morgan fingerprint density at radius 2 is 2.00 bits per heavy atom. The van der Waals surface area contributed by atoms with Gasteiger partial charge in [-0.1, -0.05) is 6.07 Å². The third-order valence-corrected chi connectivity index (χ3v) is 3.42. The van der Waals surface area contributed by atoms with Gasteiger partial charge in [0.2, 0.25) is 5.89 Å². The number of oxazole rings is 1. The van der Waals surface area contributed by atoms with Crippen LogP contribution in [0.3, 0.4) is 0 Å². The molecule has 3 nitrogen and oxygen atoms in total. The van der Waals surface area contributed by atoms with E-state index >= 15 is 0 Å². The molecule has 2 aromatic carbocycles. The van der Waals surface area contributed by atoms with Crippen LogP contribution >= 0.6 is 15.9 Å². The minimum absolute atomic E-state index is 0.600. The number of aromatic nitrogens is 1. The smallest absolute Gasteiger partial charge is 0.228 e. The predicted molar refractivity (Wildman–Crippen MR) is 76.3 cm³/mol. The maximum absolute atomic E-state index is 5.75. The summed E-state index contributed by atoms with van der Waals surface area (Å²) >= 11 is 3.48. The van der Waals surface area contributed by atoms with Gasteiger partial charge in [0.25, 0.3) is 0 Å². The average molecular weight is 303 g/mol. The lowest BCUT2D eigenvalue weighted by Gasteiger charge is -2.00. The minimum Gasteiger partial charge on any atom is -0.436 e. The second-order valence-corrected chi connectivity index (χ2v) is 5.08. The van der Waals surface area contributed by atoms with Crippen molar-refractivity contribution in [2.24, 2.45) is 0 Å². The number of benzene rings is 2. The summed E-state index contributed by atoms with van der Waals surface area (Å²) in [5.41, 5.74) is 10.2. The van der Waals surface area contributed by atoms with Gasteiger partial charge in [-0.05, 0) is 58.7 Å². The molecule has 2 N–H and O–H groups in total. The largest absolute Gasteiger partial charge is 0.436 e. The third-order valence-electron chi connectivity index (χ3n) is 2.77. The SMILES string of the molecule is Cc1ccc2oc(-c3ccc(N)cc3Br)nc2c1. The molecule has 4 heteroatoms. The molecular formula is C14H11BrN2O. The Kier molecular flexibility index (Phi) is 2.59. The molecule has 90 valence electrons. The van der Waals surface area contributed by atoms with Gasteiger partial charge in [0.05, 0.1) is 5.56 Å². The molecule has 1 heterocycles. The van der Waals surface area contributed by atoms with Gasteiger partial charge in [-0.2, -0.15) is 0 Å². The first-order valence-electron chi connectivity index (χ1n) is 5.56. The van der Waals surface area contributed by atoms with Crippen LogP contribution in [0, 0.1) is 6.92 Å². The topological polar surface area (TPSA) is 52.0 Å². The number of rotatable bonds is 1. The number of aryl methyl sites for hydroxylation is 1. The molecule has 0 aliphatic heterocycles. The first-order chi connectivity index (χ1) is 8.63. The van der Waals surface area contributed by atoms with Crippen LogP contribution in [-0.4, -0.2) is 4.98 Å². The Labute approximate surface area is 113 Å². The number of nitrogens with zero attached hydrogens (tertiary/aromatic N) is 1. The summed E-state index contributed by atoms with van der Waals surface area (Å²) in [6.07, 6.45) is 0. The van der Waals surface area contributed by atoms with Crippen molar-refractivity contribution in [3.05, 3.63) is 46.4 Å². The molecule has 0 atom stereocenters. The van der Waals surface area contributed by atoms with Crippen molar-refractivity contribution < 1.29 is 4.42 Å². The van der Waals surface area contributed by atoms with E-state index in [1.54, 1.807) is 0 Å². The zero-order valence-corrected chi connectivity index (χ0v) is 11.4. The van der Waals surface area contributed by atoms with Crippen LogP contribution < -0.4 is 5.73 Å². The molecule has 0 aliphatic rings. The van der Waals surface area contributed by atoms with E-state index in [2.05, 4.69) is 20.9 Å². The van der Waals surface area contributed by atoms with Crippen LogP contribution in [0.15, 0.2) is 45.3 Å². The normalized spacial score (nSPS) is 11.0. The summed E-state index contributed by atoms with van der Waals surface area (Å²) in [6.45, 7) is 2.03. The van der Waals surface area contributed by atoms with E-state index in [4.69, 9.17) is 10.2 Å². The molecule has 0 radical (unpaired) electrons. The van der Waals surface area contributed by atoms with E-state index in [-0.39, 0.29) is 0 Å². The highest BCUT2D eigenvalue weighted by molar-refractivity contribution is 9.10. The molecule has 0 saturated carbocycles. The van der Waals surface area contributed by atoms with E-state index in [0.29, 0.717) is 11.6 Å². The summed E-state index contributed by atoms with van der Waals surface area (Å²) in [5.74, 6) is 0.600. The molecule has 3 aromatic rings. The van der Waals surface area contributed by atoms with Crippen molar-refractivity contribution >= 4 is 32.7 Å². The lowest BCUT2D eigenvalue weighted by atomic mass is 10.2. The van der Waals surface area contributed by atoms with Crippen molar-refractivity contribution in [2.75, 3.05) is 5.73 Å². The second-order valence-electron chi connectivity index (χ2n) is 4.23. The van der Waals surface area contributed by atoms with Gasteiger partial charge in [0, 0.05) is 10.2 Å². The maximum atomic E-state index is 5.75. The van der Waals surface area contributed by atoms with Gasteiger partial charge in [0.1, 0.15) is 5.52 Å². The second kappa shape index (κ2) is 4.14. The van der Waals surface area contributed by atoms with E-state index in [0.717, 1.165) is 21.1 Å². The summed E-state index contributed by atoms with van der Waals surface area (Å²) in [4.78, 5) is 4.50. The first kappa shape index (κ1) is 11.3. The summed E-state index contributed by atoms with van der Waals surface area (Å²) in [6, 6.07) is 11.5. The number of anilines is 1. The van der Waals surface area contributed by atoms with Crippen LogP contribution in [0.4, 0.5) is 5.69 Å². The number of hydrogen-bond acceptors (Lipinski definition) is 3. The average Bonchev–Trinajstić information content (AvgIpc) is 2.71. The van der Waals surface area contributed by atoms with Gasteiger partial charge < -0.3 is 10.2 Å². The van der Waals surface area contributed by atoms with Crippen molar-refractivity contribution in [2.45, 2.75) is 6.92 Å². The van der Waals surface area contributed by atoms with Gasteiger partial charge >= 0.3 is 0 Å². The maximum Gasteiger partial charge on any atom is 0.228 e. The van der Waals surface area contributed by atoms with Crippen molar-refractivity contribution in [3.8, 4) is 11.5 Å². The highest BCUT2D eigenvalue weighted by atomic mass is 79.9. The fourth-order valence-corrected chi connectivity index (χ4v) is 2.42. The highest BCUT2D eigenvalue weighted by Gasteiger charge is 2.11. The number of nitrogen functional groups attached to an aromatic ring is 1. The third kappa shape index (κ3) is 1.88. The Morgan fingerprint density at radius 3 is 2.78 bits per heavy atom. The minimum atomic E-state index is 0.600. The van der Waals surface area contributed by atoms with Crippen LogP contribution in [0.5, 0.6) is 0 Å². The summed E-state index contributed by atoms with van der Waals surface area (Å²) in [5, 5.41) is 0. The number of fused-ring (bicyclic) bond motifs is 1. The standard InChI is InChI=1S/C14H11BrN2O/c1-8-2-5-13-12(6-8)17-14(18-13)10-4-3-9(16)7-11(10)15/h2-7H,16H2,1H3. The molecule has 0 spiro atoms. The number of hydrogen-bond donors (Lipinski definition) is 1. The van der Waals surface area contributed by atoms with Crippen molar-refractivity contribution in [1.29, 1.82) is 0 Å². The molecule has 0 saturated heterocycles. The molecule has 0 bridgehead atoms. The monoisotopic (exact) mass is 302 g/mol. The number of halogens is 1. The quantitative estimate of drug-likeness (QED) is 0.687. The Bertz CT molecular complexity index is 734. The van der Waals surface area contributed by atoms with E-state index < -0.39 is 0 Å². The number of nitrogens with two attached hydrogens (primary N) is 1. The van der Waals surface area contributed by atoms with Crippen LogP contribution in [-0.2, 0) is 0 Å². The molecule has 0 amide bonds. The van der Waals surface area contributed by atoms with Gasteiger partial charge in [-0.15, -0.1) is 0 Å². The fraction of sp³-hybridized carbons (Fsp3) is 0.0714. The van der Waals surface area contributed by atoms with Crippen molar-refractivity contribution in [3.63, 3.8) is 0 Å². The van der Waals surface area contributed by atoms with Crippen LogP contribution in [0.2, 0.25) is 0 Å². The Balaban J connectivity index is 2.19. The van der Waals surface area contributed by atoms with E-state index in [9.17, 15) is 0 Å². The summed E-state index contributed by atoms with van der Waals surface area (Å²) < 4.78 is 6.63. The predicted octanol–water partition coefficient (Wildman–Crippen LogP) is 4.15. The van der Waals surface area contributed by atoms with Gasteiger partial charge in [-0.3, -0.25) is 0 Å². The Hall–Kier alpha value is -1.81. The zero-order valence-electron chi connectivity index (χ0n) is 9.77. The molecular weight excluding hydrogens is 292 g/mol. The van der Waals surface area contributed by atoms with Gasteiger partial charge in [-0.25, -0.2) is 4.98 Å². The molecule has 3 rings (SSSR count). The fourth-order valence-electron chi connectivity index (χ4n) is 1.86. The van der Waals surface area contributed by atoms with Crippen molar-refractivity contribution in [1.82, 2.24) is 4.98 Å². The highest BCUT2D eigenvalue weighted by Crippen LogP contribution is 2.31. The lowest BCUT2D eigenvalue weighted by molar-refractivity contribution is 0.619. The van der Waals surface area contributed by atoms with Gasteiger partial charge in [0.15, 0.2) is 5.58 Å². The molecule has 18 heavy (non-hydrogen) atoms. The zero-order chi connectivity index (χ0) is 12.7. The summed E-state index contributed by atoms with van der Waals surface area (Å²) in [7, 11) is 0. The lowest BCUT2D eigenvalue weighted by Crippen LogP contribution is -1.86. The van der Waals surface area contributed by atoms with E-state index in [1.807, 2.05) is 43.3 Å². The van der Waals surface area contributed by atoms with Crippen LogP contribution in [0.1, 0.15) is 5.56 Å². The van der Waals surface area contributed by atoms with Crippen LogP contribution in [0.25, 0.3) is 22.6 Å². The molecule has 0 aliphatic carbocycles. The Morgan fingerprint density at radius 1 is 1.17 bits per heavy atom. The molecule has 0 unspecified atom stereocenters. The first-order valence-corrected chi connectivity index (χ1v) is 6.35. The van der Waals surface area contributed by atoms with E-state index in [1.165, 1.54) is 5.56 Å². The molecule has 0 fully saturated rings. The molecule has 1 aromatic heterocycles.